The summed E-state index contributed by atoms with van der Waals surface area (Å²) in [7, 11) is -2.07. The van der Waals surface area contributed by atoms with Gasteiger partial charge in [-0.25, -0.2) is 8.42 Å². The maximum atomic E-state index is 12.4. The van der Waals surface area contributed by atoms with Gasteiger partial charge in [0.1, 0.15) is 11.5 Å². The number of aliphatic hydroxyl groups excluding tert-OH is 1. The third-order valence-corrected chi connectivity index (χ3v) is 5.57. The number of hydrogen-bond acceptors (Lipinski definition) is 3. The molecule has 0 fully saturated rings. The van der Waals surface area contributed by atoms with Crippen molar-refractivity contribution in [2.75, 3.05) is 13.7 Å². The number of nitrogens with zero attached hydrogens (tertiary/aromatic N) is 1. The van der Waals surface area contributed by atoms with E-state index >= 15 is 0 Å². The van der Waals surface area contributed by atoms with Crippen LogP contribution in [0.4, 0.5) is 0 Å². The summed E-state index contributed by atoms with van der Waals surface area (Å²) in [5.74, 6) is 5.17. The Labute approximate surface area is 125 Å². The Kier molecular flexibility index (Phi) is 6.03. The lowest BCUT2D eigenvalue weighted by atomic mass is 10.2. The summed E-state index contributed by atoms with van der Waals surface area (Å²) in [6.07, 6.45) is 0.716. The molecule has 0 saturated carbocycles. The van der Waals surface area contributed by atoms with Gasteiger partial charge in [0.05, 0.1) is 5.02 Å². The summed E-state index contributed by atoms with van der Waals surface area (Å²) in [6.45, 7) is 3.51. The molecule has 0 radical (unpaired) electrons. The number of hydrogen-bond donors (Lipinski definition) is 1. The van der Waals surface area contributed by atoms with E-state index in [0.29, 0.717) is 12.0 Å². The maximum absolute atomic E-state index is 12.4. The van der Waals surface area contributed by atoms with Crippen LogP contribution in [0.2, 0.25) is 5.02 Å². The van der Waals surface area contributed by atoms with Gasteiger partial charge in [0.25, 0.3) is 0 Å². The number of benzene rings is 1. The fourth-order valence-electron chi connectivity index (χ4n) is 1.58. The average Bonchev–Trinajstić information content (AvgIpc) is 2.43. The molecule has 0 spiro atoms. The molecular formula is C14H18ClNO3S. The molecule has 1 N–H and O–H groups in total. The summed E-state index contributed by atoms with van der Waals surface area (Å²) in [5, 5.41) is 8.76. The van der Waals surface area contributed by atoms with Crippen molar-refractivity contribution in [1.82, 2.24) is 4.31 Å². The van der Waals surface area contributed by atoms with Crippen molar-refractivity contribution in [1.29, 1.82) is 0 Å². The van der Waals surface area contributed by atoms with Crippen molar-refractivity contribution < 1.29 is 13.5 Å². The molecule has 1 aromatic carbocycles. The molecule has 0 heterocycles. The van der Waals surface area contributed by atoms with E-state index in [-0.39, 0.29) is 22.6 Å². The van der Waals surface area contributed by atoms with Gasteiger partial charge in [0.2, 0.25) is 10.0 Å². The van der Waals surface area contributed by atoms with Gasteiger partial charge in [-0.05, 0) is 31.5 Å². The minimum absolute atomic E-state index is 0.0662. The molecule has 4 nitrogen and oxygen atoms in total. The molecule has 20 heavy (non-hydrogen) atoms. The first kappa shape index (κ1) is 17.0. The van der Waals surface area contributed by atoms with Crippen LogP contribution in [0.3, 0.4) is 0 Å². The Morgan fingerprint density at radius 1 is 1.45 bits per heavy atom. The van der Waals surface area contributed by atoms with Gasteiger partial charge < -0.3 is 5.11 Å². The summed E-state index contributed by atoms with van der Waals surface area (Å²) < 4.78 is 26.2. The van der Waals surface area contributed by atoms with Crippen LogP contribution in [-0.4, -0.2) is 37.5 Å². The highest BCUT2D eigenvalue weighted by atomic mass is 35.5. The first-order chi connectivity index (χ1) is 9.34. The zero-order valence-electron chi connectivity index (χ0n) is 11.7. The standard InChI is InChI=1S/C14H18ClNO3S/c1-4-11(2)16(3)20(18,19)14-8-7-12(6-5-9-17)10-13(14)15/h7-8,10-11,17H,4,9H2,1-3H3. The molecule has 0 aliphatic carbocycles. The van der Waals surface area contributed by atoms with Crippen LogP contribution in [0.5, 0.6) is 0 Å². The second kappa shape index (κ2) is 7.09. The Morgan fingerprint density at radius 2 is 2.10 bits per heavy atom. The van der Waals surface area contributed by atoms with Crippen molar-refractivity contribution in [3.63, 3.8) is 0 Å². The van der Waals surface area contributed by atoms with Crippen molar-refractivity contribution in [3.8, 4) is 11.8 Å². The third-order valence-electron chi connectivity index (χ3n) is 3.11. The molecule has 1 atom stereocenters. The molecule has 0 aliphatic heterocycles. The first-order valence-electron chi connectivity index (χ1n) is 6.21. The predicted octanol–water partition coefficient (Wildman–Crippen LogP) is 2.10. The fourth-order valence-corrected chi connectivity index (χ4v) is 3.53. The van der Waals surface area contributed by atoms with Crippen LogP contribution in [0.1, 0.15) is 25.8 Å². The summed E-state index contributed by atoms with van der Waals surface area (Å²) >= 11 is 6.05. The summed E-state index contributed by atoms with van der Waals surface area (Å²) in [6, 6.07) is 4.40. The van der Waals surface area contributed by atoms with E-state index in [1.54, 1.807) is 13.1 Å². The fraction of sp³-hybridized carbons (Fsp3) is 0.429. The van der Waals surface area contributed by atoms with Crippen molar-refractivity contribution in [2.24, 2.45) is 0 Å². The lowest BCUT2D eigenvalue weighted by Gasteiger charge is -2.23. The van der Waals surface area contributed by atoms with Crippen LogP contribution in [0.15, 0.2) is 23.1 Å². The molecule has 0 aliphatic rings. The molecule has 0 bridgehead atoms. The highest BCUT2D eigenvalue weighted by Crippen LogP contribution is 2.26. The van der Waals surface area contributed by atoms with Gasteiger partial charge in [0, 0.05) is 18.7 Å². The minimum atomic E-state index is -3.61. The molecule has 110 valence electrons. The Morgan fingerprint density at radius 3 is 2.60 bits per heavy atom. The number of halogens is 1. The molecule has 1 unspecified atom stereocenters. The second-order valence-electron chi connectivity index (χ2n) is 4.38. The van der Waals surface area contributed by atoms with Gasteiger partial charge >= 0.3 is 0 Å². The van der Waals surface area contributed by atoms with Crippen LogP contribution in [-0.2, 0) is 10.0 Å². The quantitative estimate of drug-likeness (QED) is 0.866. The summed E-state index contributed by atoms with van der Waals surface area (Å²) in [4.78, 5) is 0.0662. The lowest BCUT2D eigenvalue weighted by Crippen LogP contribution is -2.34. The second-order valence-corrected chi connectivity index (χ2v) is 6.76. The van der Waals surface area contributed by atoms with Crippen molar-refractivity contribution in [3.05, 3.63) is 28.8 Å². The maximum Gasteiger partial charge on any atom is 0.244 e. The van der Waals surface area contributed by atoms with E-state index in [1.165, 1.54) is 16.4 Å². The SMILES string of the molecule is CCC(C)N(C)S(=O)(=O)c1ccc(C#CCO)cc1Cl. The molecular weight excluding hydrogens is 298 g/mol. The topological polar surface area (TPSA) is 57.6 Å². The minimum Gasteiger partial charge on any atom is -0.384 e. The lowest BCUT2D eigenvalue weighted by molar-refractivity contribution is 0.350. The van der Waals surface area contributed by atoms with E-state index in [9.17, 15) is 8.42 Å². The van der Waals surface area contributed by atoms with E-state index in [1.807, 2.05) is 13.8 Å². The Bertz CT molecular complexity index is 632. The zero-order valence-corrected chi connectivity index (χ0v) is 13.3. The van der Waals surface area contributed by atoms with Crippen molar-refractivity contribution >= 4 is 21.6 Å². The van der Waals surface area contributed by atoms with E-state index < -0.39 is 10.0 Å². The van der Waals surface area contributed by atoms with Crippen LogP contribution >= 0.6 is 11.6 Å². The largest absolute Gasteiger partial charge is 0.384 e. The van der Waals surface area contributed by atoms with Crippen LogP contribution in [0.25, 0.3) is 0 Å². The van der Waals surface area contributed by atoms with E-state index in [4.69, 9.17) is 16.7 Å². The Hall–Kier alpha value is -1.06. The third kappa shape index (κ3) is 3.74. The number of rotatable bonds is 4. The highest BCUT2D eigenvalue weighted by Gasteiger charge is 2.26. The molecule has 0 aromatic heterocycles. The average molecular weight is 316 g/mol. The van der Waals surface area contributed by atoms with Gasteiger partial charge in [-0.1, -0.05) is 30.4 Å². The summed E-state index contributed by atoms with van der Waals surface area (Å²) in [5.41, 5.74) is 0.564. The number of sulfonamides is 1. The molecule has 0 saturated heterocycles. The highest BCUT2D eigenvalue weighted by molar-refractivity contribution is 7.89. The van der Waals surface area contributed by atoms with Crippen LogP contribution in [0, 0.1) is 11.8 Å². The van der Waals surface area contributed by atoms with Gasteiger partial charge in [-0.2, -0.15) is 4.31 Å². The van der Waals surface area contributed by atoms with Gasteiger partial charge in [-0.3, -0.25) is 0 Å². The smallest absolute Gasteiger partial charge is 0.244 e. The monoisotopic (exact) mass is 315 g/mol. The molecule has 1 rings (SSSR count). The molecule has 6 heteroatoms. The van der Waals surface area contributed by atoms with Gasteiger partial charge in [-0.15, -0.1) is 0 Å². The van der Waals surface area contributed by atoms with E-state index in [0.717, 1.165) is 0 Å². The zero-order chi connectivity index (χ0) is 15.3. The van der Waals surface area contributed by atoms with E-state index in [2.05, 4.69) is 11.8 Å². The molecule has 0 amide bonds. The predicted molar refractivity (Wildman–Crippen MR) is 80.1 cm³/mol. The number of aliphatic hydroxyl groups is 1. The van der Waals surface area contributed by atoms with Gasteiger partial charge in [0.15, 0.2) is 0 Å². The first-order valence-corrected chi connectivity index (χ1v) is 8.03. The van der Waals surface area contributed by atoms with Crippen molar-refractivity contribution in [2.45, 2.75) is 31.2 Å². The Balaban J connectivity index is 3.20. The van der Waals surface area contributed by atoms with Crippen LogP contribution < -0.4 is 0 Å². The normalized spacial score (nSPS) is 12.9. The molecule has 1 aromatic rings.